The summed E-state index contributed by atoms with van der Waals surface area (Å²) >= 11 is 3.56. The average Bonchev–Trinajstić information content (AvgIpc) is 3.08. The van der Waals surface area contributed by atoms with E-state index in [1.807, 2.05) is 0 Å². The molecule has 1 saturated heterocycles. The minimum absolute atomic E-state index is 0.403. The van der Waals surface area contributed by atoms with Gasteiger partial charge in [0.25, 0.3) is 0 Å². The maximum Gasteiger partial charge on any atom is 0.134 e. The van der Waals surface area contributed by atoms with E-state index in [0.29, 0.717) is 12.1 Å². The third-order valence-electron chi connectivity index (χ3n) is 5.52. The van der Waals surface area contributed by atoms with Crippen molar-refractivity contribution >= 4 is 27.5 Å². The zero-order valence-corrected chi connectivity index (χ0v) is 15.1. The summed E-state index contributed by atoms with van der Waals surface area (Å²) in [6.07, 6.45) is 2.76. The number of halogens is 1. The van der Waals surface area contributed by atoms with Crippen molar-refractivity contribution in [2.75, 3.05) is 24.5 Å². The van der Waals surface area contributed by atoms with Gasteiger partial charge in [0.15, 0.2) is 0 Å². The summed E-state index contributed by atoms with van der Waals surface area (Å²) in [5.41, 5.74) is 4.11. The molecular weight excluding hydrogens is 362 g/mol. The second kappa shape index (κ2) is 5.62. The Morgan fingerprint density at radius 1 is 0.958 bits per heavy atom. The molecular formula is C20H20BrN3. The third-order valence-corrected chi connectivity index (χ3v) is 6.05. The summed E-state index contributed by atoms with van der Waals surface area (Å²) in [7, 11) is 0. The van der Waals surface area contributed by atoms with E-state index in [4.69, 9.17) is 4.99 Å². The number of aliphatic imine (C=N–C) groups is 1. The van der Waals surface area contributed by atoms with Gasteiger partial charge in [0, 0.05) is 41.3 Å². The van der Waals surface area contributed by atoms with E-state index in [1.165, 1.54) is 29.1 Å². The normalized spacial score (nSPS) is 25.0. The molecule has 0 aliphatic carbocycles. The van der Waals surface area contributed by atoms with Crippen molar-refractivity contribution in [1.82, 2.24) is 4.90 Å². The molecule has 4 heteroatoms. The molecule has 3 aliphatic rings. The van der Waals surface area contributed by atoms with Gasteiger partial charge in [-0.05, 0) is 42.7 Å². The fourth-order valence-electron chi connectivity index (χ4n) is 4.51. The van der Waals surface area contributed by atoms with Crippen molar-refractivity contribution in [3.63, 3.8) is 0 Å². The lowest BCUT2D eigenvalue weighted by atomic mass is 9.92. The van der Waals surface area contributed by atoms with Gasteiger partial charge in [-0.1, -0.05) is 40.2 Å². The Bertz CT molecular complexity index is 799. The molecule has 0 bridgehead atoms. The number of para-hydroxylation sites is 1. The number of anilines is 1. The van der Waals surface area contributed by atoms with Gasteiger partial charge in [-0.3, -0.25) is 4.99 Å². The van der Waals surface area contributed by atoms with Crippen molar-refractivity contribution < 1.29 is 0 Å². The topological polar surface area (TPSA) is 18.8 Å². The summed E-state index contributed by atoms with van der Waals surface area (Å²) in [5, 5.41) is 0. The maximum absolute atomic E-state index is 4.90. The van der Waals surface area contributed by atoms with Gasteiger partial charge in [0.2, 0.25) is 0 Å². The summed E-state index contributed by atoms with van der Waals surface area (Å²) in [5.74, 6) is 1.75. The number of benzene rings is 2. The molecule has 0 N–H and O–H groups in total. The first kappa shape index (κ1) is 14.5. The van der Waals surface area contributed by atoms with Crippen molar-refractivity contribution in [3.05, 3.63) is 64.1 Å². The monoisotopic (exact) mass is 381 g/mol. The lowest BCUT2D eigenvalue weighted by Crippen LogP contribution is -2.56. The van der Waals surface area contributed by atoms with Crippen molar-refractivity contribution in [2.45, 2.75) is 24.9 Å². The molecule has 0 amide bonds. The fourth-order valence-corrected chi connectivity index (χ4v) is 4.77. The van der Waals surface area contributed by atoms with Crippen LogP contribution in [-0.4, -0.2) is 36.5 Å². The number of amidine groups is 1. The van der Waals surface area contributed by atoms with Gasteiger partial charge in [0.1, 0.15) is 12.0 Å². The first-order valence-corrected chi connectivity index (χ1v) is 9.55. The zero-order chi connectivity index (χ0) is 16.1. The predicted molar refractivity (Wildman–Crippen MR) is 102 cm³/mol. The summed E-state index contributed by atoms with van der Waals surface area (Å²) < 4.78 is 1.15. The first-order chi connectivity index (χ1) is 11.8. The van der Waals surface area contributed by atoms with E-state index in [0.717, 1.165) is 30.5 Å². The molecule has 2 aromatic rings. The number of rotatable bonds is 1. The number of hydrogen-bond acceptors (Lipinski definition) is 3. The van der Waals surface area contributed by atoms with Crippen LogP contribution in [0.2, 0.25) is 0 Å². The molecule has 0 aromatic heterocycles. The highest BCUT2D eigenvalue weighted by molar-refractivity contribution is 9.10. The smallest absolute Gasteiger partial charge is 0.134 e. The molecule has 2 unspecified atom stereocenters. The van der Waals surface area contributed by atoms with Crippen LogP contribution in [0, 0.1) is 0 Å². The highest BCUT2D eigenvalue weighted by Crippen LogP contribution is 2.44. The molecule has 0 radical (unpaired) electrons. The summed E-state index contributed by atoms with van der Waals surface area (Å²) in [6, 6.07) is 17.7. The SMILES string of the molecule is Brc1ccc(C2CCN3c4ccccc4C4=NCCCN4C23)cc1. The number of hydrogen-bond donors (Lipinski definition) is 0. The molecule has 0 saturated carbocycles. The van der Waals surface area contributed by atoms with Crippen LogP contribution in [0.5, 0.6) is 0 Å². The molecule has 0 spiro atoms. The molecule has 122 valence electrons. The summed E-state index contributed by atoms with van der Waals surface area (Å²) in [6.45, 7) is 3.18. The Kier molecular flexibility index (Phi) is 3.40. The van der Waals surface area contributed by atoms with E-state index in [9.17, 15) is 0 Å². The van der Waals surface area contributed by atoms with E-state index in [-0.39, 0.29) is 0 Å². The van der Waals surface area contributed by atoms with Gasteiger partial charge >= 0.3 is 0 Å². The minimum Gasteiger partial charge on any atom is -0.350 e. The van der Waals surface area contributed by atoms with Gasteiger partial charge in [-0.25, -0.2) is 0 Å². The number of fused-ring (bicyclic) bond motifs is 6. The highest BCUT2D eigenvalue weighted by atomic mass is 79.9. The molecule has 2 atom stereocenters. The van der Waals surface area contributed by atoms with Crippen LogP contribution in [0.3, 0.4) is 0 Å². The molecule has 3 aliphatic heterocycles. The Hall–Kier alpha value is -1.81. The molecule has 5 rings (SSSR count). The minimum atomic E-state index is 0.403. The highest BCUT2D eigenvalue weighted by Gasteiger charge is 2.45. The second-order valence-electron chi connectivity index (χ2n) is 6.82. The van der Waals surface area contributed by atoms with Crippen LogP contribution in [-0.2, 0) is 0 Å². The van der Waals surface area contributed by atoms with Crippen LogP contribution in [0.1, 0.15) is 29.9 Å². The predicted octanol–water partition coefficient (Wildman–Crippen LogP) is 4.24. The fraction of sp³-hybridized carbons (Fsp3) is 0.350. The van der Waals surface area contributed by atoms with Crippen LogP contribution in [0.15, 0.2) is 58.0 Å². The maximum atomic E-state index is 4.90. The lowest BCUT2D eigenvalue weighted by molar-refractivity contribution is 0.275. The third kappa shape index (κ3) is 2.12. The van der Waals surface area contributed by atoms with Crippen LogP contribution >= 0.6 is 15.9 Å². The largest absolute Gasteiger partial charge is 0.350 e. The van der Waals surface area contributed by atoms with E-state index in [2.05, 4.69) is 74.3 Å². The molecule has 3 heterocycles. The molecule has 24 heavy (non-hydrogen) atoms. The van der Waals surface area contributed by atoms with Gasteiger partial charge < -0.3 is 9.80 Å². The average molecular weight is 382 g/mol. The quantitative estimate of drug-likeness (QED) is 0.735. The van der Waals surface area contributed by atoms with Crippen molar-refractivity contribution in [1.29, 1.82) is 0 Å². The molecule has 1 fully saturated rings. The van der Waals surface area contributed by atoms with E-state index >= 15 is 0 Å². The Labute approximate surface area is 151 Å². The second-order valence-corrected chi connectivity index (χ2v) is 7.74. The van der Waals surface area contributed by atoms with Gasteiger partial charge in [-0.15, -0.1) is 0 Å². The van der Waals surface area contributed by atoms with E-state index < -0.39 is 0 Å². The van der Waals surface area contributed by atoms with Crippen molar-refractivity contribution in [3.8, 4) is 0 Å². The van der Waals surface area contributed by atoms with Crippen LogP contribution < -0.4 is 4.90 Å². The van der Waals surface area contributed by atoms with Crippen LogP contribution in [0.25, 0.3) is 0 Å². The van der Waals surface area contributed by atoms with Gasteiger partial charge in [0.05, 0.1) is 0 Å². The Morgan fingerprint density at radius 2 is 1.79 bits per heavy atom. The zero-order valence-electron chi connectivity index (χ0n) is 13.5. The van der Waals surface area contributed by atoms with Gasteiger partial charge in [-0.2, -0.15) is 0 Å². The van der Waals surface area contributed by atoms with Crippen LogP contribution in [0.4, 0.5) is 5.69 Å². The number of nitrogens with zero attached hydrogens (tertiary/aromatic N) is 3. The van der Waals surface area contributed by atoms with Crippen molar-refractivity contribution in [2.24, 2.45) is 4.99 Å². The summed E-state index contributed by atoms with van der Waals surface area (Å²) in [4.78, 5) is 10.1. The first-order valence-electron chi connectivity index (χ1n) is 8.75. The Morgan fingerprint density at radius 3 is 2.67 bits per heavy atom. The molecule has 2 aromatic carbocycles. The van der Waals surface area contributed by atoms with E-state index in [1.54, 1.807) is 0 Å². The lowest BCUT2D eigenvalue weighted by Gasteiger charge is -2.47. The Balaban J connectivity index is 1.62. The standard InChI is InChI=1S/C20H20BrN3/c21-15-8-6-14(7-9-15)16-10-13-23-18-5-2-1-4-17(18)19-22-11-3-12-24(19)20(16)23/h1-2,4-9,16,20H,3,10-13H2. The molecule has 3 nitrogen and oxygen atoms in total.